The maximum atomic E-state index is 12.3. The number of aromatic nitrogens is 1. The molecule has 0 saturated carbocycles. The number of hydrogen-bond acceptors (Lipinski definition) is 5. The molecule has 5 nitrogen and oxygen atoms in total. The fourth-order valence-electron chi connectivity index (χ4n) is 1.40. The fraction of sp³-hybridized carbons (Fsp3) is 0.100. The highest BCUT2D eigenvalue weighted by molar-refractivity contribution is 9.11. The van der Waals surface area contributed by atoms with E-state index in [-0.39, 0.29) is 11.4 Å². The van der Waals surface area contributed by atoms with E-state index < -0.39 is 10.0 Å². The average Bonchev–Trinajstić information content (AvgIpc) is 2.77. The van der Waals surface area contributed by atoms with Crippen molar-refractivity contribution in [1.29, 1.82) is 0 Å². The quantitative estimate of drug-likeness (QED) is 0.736. The first kappa shape index (κ1) is 14.9. The van der Waals surface area contributed by atoms with Gasteiger partial charge in [-0.05, 0) is 44.0 Å². The van der Waals surface area contributed by atoms with Crippen LogP contribution in [-0.4, -0.2) is 13.4 Å². The SMILES string of the molecule is Nc1cc(Br)c(S(=O)(=O)NCc2cncs2)c(Br)c1. The van der Waals surface area contributed by atoms with Gasteiger partial charge in [-0.3, -0.25) is 4.98 Å². The number of nitrogens with one attached hydrogen (secondary N) is 1. The van der Waals surface area contributed by atoms with Crippen molar-refractivity contribution in [3.63, 3.8) is 0 Å². The summed E-state index contributed by atoms with van der Waals surface area (Å²) in [5, 5.41) is 0. The molecule has 102 valence electrons. The zero-order chi connectivity index (χ0) is 14.0. The van der Waals surface area contributed by atoms with E-state index in [0.29, 0.717) is 14.6 Å². The summed E-state index contributed by atoms with van der Waals surface area (Å²) in [5.74, 6) is 0. The molecule has 0 aliphatic rings. The van der Waals surface area contributed by atoms with Gasteiger partial charge in [0, 0.05) is 32.3 Å². The first-order valence-electron chi connectivity index (χ1n) is 5.01. The van der Waals surface area contributed by atoms with E-state index >= 15 is 0 Å². The van der Waals surface area contributed by atoms with E-state index in [9.17, 15) is 8.42 Å². The average molecular weight is 427 g/mol. The van der Waals surface area contributed by atoms with Crippen LogP contribution in [0.3, 0.4) is 0 Å². The fourth-order valence-corrected chi connectivity index (χ4v) is 5.65. The predicted molar refractivity (Wildman–Crippen MR) is 82.4 cm³/mol. The first-order valence-corrected chi connectivity index (χ1v) is 8.96. The van der Waals surface area contributed by atoms with E-state index in [1.54, 1.807) is 23.8 Å². The van der Waals surface area contributed by atoms with Crippen LogP contribution in [0.5, 0.6) is 0 Å². The molecule has 0 saturated heterocycles. The predicted octanol–water partition coefficient (Wildman–Crippen LogP) is 2.73. The van der Waals surface area contributed by atoms with Crippen LogP contribution >= 0.6 is 43.2 Å². The number of sulfonamides is 1. The van der Waals surface area contributed by atoms with Crippen molar-refractivity contribution in [2.75, 3.05) is 5.73 Å². The monoisotopic (exact) mass is 425 g/mol. The molecule has 9 heteroatoms. The van der Waals surface area contributed by atoms with Crippen molar-refractivity contribution >= 4 is 58.9 Å². The molecule has 0 bridgehead atoms. The van der Waals surface area contributed by atoms with Crippen LogP contribution in [0.1, 0.15) is 4.88 Å². The maximum absolute atomic E-state index is 12.3. The normalized spacial score (nSPS) is 11.7. The summed E-state index contributed by atoms with van der Waals surface area (Å²) in [5.41, 5.74) is 7.76. The summed E-state index contributed by atoms with van der Waals surface area (Å²) in [4.78, 5) is 4.86. The second-order valence-corrected chi connectivity index (χ2v) is 7.99. The van der Waals surface area contributed by atoms with Gasteiger partial charge >= 0.3 is 0 Å². The number of nitrogen functional groups attached to an aromatic ring is 1. The van der Waals surface area contributed by atoms with Gasteiger partial charge in [-0.15, -0.1) is 11.3 Å². The number of nitrogens with zero attached hydrogens (tertiary/aromatic N) is 1. The van der Waals surface area contributed by atoms with Crippen LogP contribution < -0.4 is 10.5 Å². The maximum Gasteiger partial charge on any atom is 0.243 e. The first-order chi connectivity index (χ1) is 8.90. The highest BCUT2D eigenvalue weighted by Crippen LogP contribution is 2.32. The van der Waals surface area contributed by atoms with Crippen molar-refractivity contribution in [2.45, 2.75) is 11.4 Å². The molecule has 0 amide bonds. The molecular formula is C10H9Br2N3O2S2. The van der Waals surface area contributed by atoms with Gasteiger partial charge in [-0.25, -0.2) is 13.1 Å². The minimum Gasteiger partial charge on any atom is -0.399 e. The molecule has 2 rings (SSSR count). The van der Waals surface area contributed by atoms with Gasteiger partial charge in [0.25, 0.3) is 0 Å². The molecule has 2 aromatic rings. The second-order valence-electron chi connectivity index (χ2n) is 3.61. The Morgan fingerprint density at radius 1 is 1.32 bits per heavy atom. The van der Waals surface area contributed by atoms with Gasteiger partial charge in [0.1, 0.15) is 4.90 Å². The molecule has 0 unspecified atom stereocenters. The lowest BCUT2D eigenvalue weighted by Gasteiger charge is -2.10. The van der Waals surface area contributed by atoms with Gasteiger partial charge in [0.2, 0.25) is 10.0 Å². The van der Waals surface area contributed by atoms with Gasteiger partial charge in [0.15, 0.2) is 0 Å². The third kappa shape index (κ3) is 3.54. The Kier molecular flexibility index (Phi) is 4.62. The van der Waals surface area contributed by atoms with Crippen LogP contribution in [0.15, 0.2) is 37.7 Å². The van der Waals surface area contributed by atoms with Gasteiger partial charge in [0.05, 0.1) is 5.51 Å². The van der Waals surface area contributed by atoms with Crippen molar-refractivity contribution in [1.82, 2.24) is 9.71 Å². The number of anilines is 1. The Morgan fingerprint density at radius 3 is 2.47 bits per heavy atom. The van der Waals surface area contributed by atoms with Gasteiger partial charge in [-0.1, -0.05) is 0 Å². The van der Waals surface area contributed by atoms with Gasteiger partial charge < -0.3 is 5.73 Å². The van der Waals surface area contributed by atoms with Gasteiger partial charge in [-0.2, -0.15) is 0 Å². The van der Waals surface area contributed by atoms with Crippen LogP contribution in [-0.2, 0) is 16.6 Å². The summed E-state index contributed by atoms with van der Waals surface area (Å²) in [7, 11) is -3.63. The summed E-state index contributed by atoms with van der Waals surface area (Å²) < 4.78 is 27.9. The number of benzene rings is 1. The van der Waals surface area contributed by atoms with Crippen molar-refractivity contribution < 1.29 is 8.42 Å². The molecule has 3 N–H and O–H groups in total. The summed E-state index contributed by atoms with van der Waals surface area (Å²) >= 11 is 7.82. The third-order valence-corrected chi connectivity index (χ3v) is 6.27. The molecular weight excluding hydrogens is 418 g/mol. The lowest BCUT2D eigenvalue weighted by molar-refractivity contribution is 0.581. The largest absolute Gasteiger partial charge is 0.399 e. The lowest BCUT2D eigenvalue weighted by atomic mass is 10.3. The van der Waals surface area contributed by atoms with Crippen LogP contribution in [0.2, 0.25) is 0 Å². The number of rotatable bonds is 4. The zero-order valence-corrected chi connectivity index (χ0v) is 14.2. The Hall–Kier alpha value is -0.480. The molecule has 0 radical (unpaired) electrons. The number of halogens is 2. The molecule has 0 fully saturated rings. The standard InChI is InChI=1S/C10H9Br2N3O2S2/c11-8-1-6(13)2-9(12)10(8)19(16,17)15-4-7-3-14-5-18-7/h1-3,5,15H,4,13H2. The number of thiazole rings is 1. The number of nitrogens with two attached hydrogens (primary N) is 1. The summed E-state index contributed by atoms with van der Waals surface area (Å²) in [6, 6.07) is 3.10. The van der Waals surface area contributed by atoms with Crippen molar-refractivity contribution in [2.24, 2.45) is 0 Å². The Balaban J connectivity index is 2.29. The number of hydrogen-bond donors (Lipinski definition) is 2. The van der Waals surface area contributed by atoms with Crippen LogP contribution in [0.4, 0.5) is 5.69 Å². The van der Waals surface area contributed by atoms with E-state index in [0.717, 1.165) is 4.88 Å². The van der Waals surface area contributed by atoms with Crippen molar-refractivity contribution in [3.8, 4) is 0 Å². The highest BCUT2D eigenvalue weighted by atomic mass is 79.9. The molecule has 1 aromatic carbocycles. The summed E-state index contributed by atoms with van der Waals surface area (Å²) in [6.45, 7) is 0.205. The Morgan fingerprint density at radius 2 is 1.95 bits per heavy atom. The zero-order valence-electron chi connectivity index (χ0n) is 9.43. The third-order valence-electron chi connectivity index (χ3n) is 2.21. The highest BCUT2D eigenvalue weighted by Gasteiger charge is 2.21. The van der Waals surface area contributed by atoms with Crippen LogP contribution in [0, 0.1) is 0 Å². The smallest absolute Gasteiger partial charge is 0.243 e. The molecule has 0 aliphatic carbocycles. The van der Waals surface area contributed by atoms with E-state index in [1.165, 1.54) is 11.3 Å². The molecule has 0 aliphatic heterocycles. The Bertz CT molecular complexity index is 664. The molecule has 0 spiro atoms. The molecule has 1 heterocycles. The van der Waals surface area contributed by atoms with Crippen molar-refractivity contribution in [3.05, 3.63) is 37.7 Å². The molecule has 19 heavy (non-hydrogen) atoms. The van der Waals surface area contributed by atoms with Crippen LogP contribution in [0.25, 0.3) is 0 Å². The topological polar surface area (TPSA) is 85.1 Å². The second kappa shape index (κ2) is 5.88. The van der Waals surface area contributed by atoms with E-state index in [1.807, 2.05) is 0 Å². The lowest BCUT2D eigenvalue weighted by Crippen LogP contribution is -2.23. The van der Waals surface area contributed by atoms with E-state index in [2.05, 4.69) is 41.6 Å². The molecule has 0 atom stereocenters. The minimum absolute atomic E-state index is 0.131. The van der Waals surface area contributed by atoms with E-state index in [4.69, 9.17) is 5.73 Å². The molecule has 1 aromatic heterocycles. The Labute approximate surface area is 131 Å². The summed E-state index contributed by atoms with van der Waals surface area (Å²) in [6.07, 6.45) is 1.63. The minimum atomic E-state index is -3.63.